The van der Waals surface area contributed by atoms with Gasteiger partial charge in [-0.1, -0.05) is 41.9 Å². The van der Waals surface area contributed by atoms with E-state index in [1.54, 1.807) is 12.3 Å². The van der Waals surface area contributed by atoms with Crippen LogP contribution in [-0.2, 0) is 13.1 Å². The third kappa shape index (κ3) is 6.14. The smallest absolute Gasteiger partial charge is 0.119 e. The number of hydrogen-bond acceptors (Lipinski definition) is 4. The van der Waals surface area contributed by atoms with Crippen LogP contribution in [0, 0.1) is 6.92 Å². The number of rotatable bonds is 9. The fourth-order valence-corrected chi connectivity index (χ4v) is 3.02. The molecule has 0 radical (unpaired) electrons. The van der Waals surface area contributed by atoms with Crippen molar-refractivity contribution in [2.45, 2.75) is 26.1 Å². The summed E-state index contributed by atoms with van der Waals surface area (Å²) in [4.78, 5) is 2.15. The lowest BCUT2D eigenvalue weighted by Gasteiger charge is -2.24. The Morgan fingerprint density at radius 1 is 1.07 bits per heavy atom. The second-order valence-electron chi connectivity index (χ2n) is 6.61. The molecular weight excluding hydrogens is 362 g/mol. The van der Waals surface area contributed by atoms with Crippen LogP contribution in [0.15, 0.2) is 71.3 Å². The van der Waals surface area contributed by atoms with Gasteiger partial charge in [0, 0.05) is 18.1 Å². The van der Waals surface area contributed by atoms with Crippen molar-refractivity contribution in [3.05, 3.63) is 88.8 Å². The van der Waals surface area contributed by atoms with Crippen molar-refractivity contribution < 1.29 is 14.3 Å². The van der Waals surface area contributed by atoms with E-state index in [-0.39, 0.29) is 6.61 Å². The van der Waals surface area contributed by atoms with Crippen molar-refractivity contribution >= 4 is 11.6 Å². The van der Waals surface area contributed by atoms with Gasteiger partial charge in [0.15, 0.2) is 0 Å². The number of aliphatic hydroxyl groups is 1. The molecule has 2 aromatic carbocycles. The molecule has 1 unspecified atom stereocenters. The van der Waals surface area contributed by atoms with Gasteiger partial charge in [-0.15, -0.1) is 0 Å². The van der Waals surface area contributed by atoms with E-state index in [2.05, 4.69) is 17.0 Å². The van der Waals surface area contributed by atoms with Crippen LogP contribution in [0.5, 0.6) is 5.75 Å². The van der Waals surface area contributed by atoms with Crippen molar-refractivity contribution in [1.29, 1.82) is 0 Å². The first-order valence-corrected chi connectivity index (χ1v) is 9.33. The molecule has 1 N–H and O–H groups in total. The van der Waals surface area contributed by atoms with Crippen LogP contribution in [0.1, 0.15) is 16.9 Å². The molecule has 1 atom stereocenters. The number of aryl methyl sites for hydroxylation is 1. The summed E-state index contributed by atoms with van der Waals surface area (Å²) in [6.45, 7) is 3.96. The minimum absolute atomic E-state index is 0.213. The Morgan fingerprint density at radius 3 is 2.59 bits per heavy atom. The van der Waals surface area contributed by atoms with Gasteiger partial charge in [0.05, 0.1) is 12.8 Å². The monoisotopic (exact) mass is 385 g/mol. The van der Waals surface area contributed by atoms with Gasteiger partial charge in [-0.25, -0.2) is 0 Å². The normalized spacial score (nSPS) is 12.3. The molecular formula is C22H24ClNO3. The number of furan rings is 1. The van der Waals surface area contributed by atoms with Crippen LogP contribution < -0.4 is 4.74 Å². The van der Waals surface area contributed by atoms with Crippen LogP contribution in [0.3, 0.4) is 0 Å². The zero-order chi connectivity index (χ0) is 19.1. The second-order valence-corrected chi connectivity index (χ2v) is 7.02. The lowest BCUT2D eigenvalue weighted by molar-refractivity contribution is 0.0604. The maximum Gasteiger partial charge on any atom is 0.119 e. The molecule has 0 saturated carbocycles. The lowest BCUT2D eigenvalue weighted by Crippen LogP contribution is -2.35. The third-order valence-corrected chi connectivity index (χ3v) is 4.67. The molecule has 3 rings (SSSR count). The highest BCUT2D eigenvalue weighted by atomic mass is 35.5. The Bertz CT molecular complexity index is 821. The van der Waals surface area contributed by atoms with E-state index in [9.17, 15) is 5.11 Å². The summed E-state index contributed by atoms with van der Waals surface area (Å²) in [7, 11) is 0. The van der Waals surface area contributed by atoms with Crippen LogP contribution >= 0.6 is 11.6 Å². The minimum atomic E-state index is -0.625. The zero-order valence-corrected chi connectivity index (χ0v) is 16.1. The molecule has 0 amide bonds. The zero-order valence-electron chi connectivity index (χ0n) is 15.3. The van der Waals surface area contributed by atoms with Gasteiger partial charge in [-0.05, 0) is 48.4 Å². The van der Waals surface area contributed by atoms with E-state index in [1.165, 1.54) is 5.56 Å². The van der Waals surface area contributed by atoms with Crippen LogP contribution in [0.25, 0.3) is 0 Å². The predicted octanol–water partition coefficient (Wildman–Crippen LogP) is 4.68. The Labute approximate surface area is 165 Å². The van der Waals surface area contributed by atoms with Gasteiger partial charge in [-0.2, -0.15) is 0 Å². The van der Waals surface area contributed by atoms with Gasteiger partial charge in [0.2, 0.25) is 0 Å². The average Bonchev–Trinajstić information content (AvgIpc) is 3.16. The number of halogens is 1. The fraction of sp³-hybridized carbons (Fsp3) is 0.273. The van der Waals surface area contributed by atoms with E-state index in [0.717, 1.165) is 17.9 Å². The number of nitrogens with zero attached hydrogens (tertiary/aromatic N) is 1. The molecule has 0 spiro atoms. The first-order chi connectivity index (χ1) is 13.1. The van der Waals surface area contributed by atoms with Crippen LogP contribution in [0.2, 0.25) is 5.02 Å². The summed E-state index contributed by atoms with van der Waals surface area (Å²) in [6.07, 6.45) is 1.04. The van der Waals surface area contributed by atoms with E-state index >= 15 is 0 Å². The maximum atomic E-state index is 10.5. The average molecular weight is 386 g/mol. The van der Waals surface area contributed by atoms with E-state index in [4.69, 9.17) is 20.8 Å². The Balaban J connectivity index is 1.58. The van der Waals surface area contributed by atoms with Gasteiger partial charge in [0.1, 0.15) is 24.2 Å². The van der Waals surface area contributed by atoms with Crippen LogP contribution in [0.4, 0.5) is 0 Å². The predicted molar refractivity (Wildman–Crippen MR) is 107 cm³/mol. The summed E-state index contributed by atoms with van der Waals surface area (Å²) in [5, 5.41) is 11.2. The van der Waals surface area contributed by atoms with Gasteiger partial charge < -0.3 is 14.3 Å². The van der Waals surface area contributed by atoms with Crippen molar-refractivity contribution in [3.63, 3.8) is 0 Å². The second kappa shape index (κ2) is 9.60. The summed E-state index contributed by atoms with van der Waals surface area (Å²) < 4.78 is 11.2. The van der Waals surface area contributed by atoms with E-state index < -0.39 is 6.10 Å². The van der Waals surface area contributed by atoms with Crippen molar-refractivity contribution in [2.75, 3.05) is 13.2 Å². The molecule has 0 bridgehead atoms. The molecule has 1 aromatic heterocycles. The lowest BCUT2D eigenvalue weighted by atomic mass is 10.2. The highest BCUT2D eigenvalue weighted by Gasteiger charge is 2.15. The summed E-state index contributed by atoms with van der Waals surface area (Å²) >= 11 is 6.04. The quantitative estimate of drug-likeness (QED) is 0.580. The van der Waals surface area contributed by atoms with Crippen molar-refractivity contribution in [3.8, 4) is 5.75 Å². The number of hydrogen-bond donors (Lipinski definition) is 1. The summed E-state index contributed by atoms with van der Waals surface area (Å²) in [5.41, 5.74) is 2.14. The molecule has 1 heterocycles. The summed E-state index contributed by atoms with van der Waals surface area (Å²) in [5.74, 6) is 1.57. The Kier molecular flexibility index (Phi) is 6.93. The standard InChI is InChI=1S/C22H24ClNO3/c1-17-12-20(9-10-22(17)23)27-16-19(25)14-24(15-21-8-5-11-26-21)13-18-6-3-2-4-7-18/h2-12,19,25H,13-16H2,1H3. The SMILES string of the molecule is Cc1cc(OCC(O)CN(Cc2ccccc2)Cc2ccco2)ccc1Cl. The topological polar surface area (TPSA) is 45.8 Å². The molecule has 0 saturated heterocycles. The highest BCUT2D eigenvalue weighted by molar-refractivity contribution is 6.31. The number of aliphatic hydroxyl groups excluding tert-OH is 1. The van der Waals surface area contributed by atoms with Crippen molar-refractivity contribution in [1.82, 2.24) is 4.90 Å². The van der Waals surface area contributed by atoms with Gasteiger partial charge in [-0.3, -0.25) is 4.90 Å². The molecule has 0 aliphatic rings. The molecule has 3 aromatic rings. The first kappa shape index (κ1) is 19.5. The maximum absolute atomic E-state index is 10.5. The highest BCUT2D eigenvalue weighted by Crippen LogP contribution is 2.21. The molecule has 0 aliphatic carbocycles. The van der Waals surface area contributed by atoms with E-state index in [1.807, 2.05) is 49.4 Å². The molecule has 5 heteroatoms. The molecule has 0 aliphatic heterocycles. The Hall–Kier alpha value is -2.27. The van der Waals surface area contributed by atoms with Gasteiger partial charge in [0.25, 0.3) is 0 Å². The third-order valence-electron chi connectivity index (χ3n) is 4.25. The number of ether oxygens (including phenoxy) is 1. The Morgan fingerprint density at radius 2 is 1.89 bits per heavy atom. The van der Waals surface area contributed by atoms with Crippen molar-refractivity contribution in [2.24, 2.45) is 0 Å². The minimum Gasteiger partial charge on any atom is -0.491 e. The van der Waals surface area contributed by atoms with Gasteiger partial charge >= 0.3 is 0 Å². The molecule has 142 valence electrons. The molecule has 0 fully saturated rings. The van der Waals surface area contributed by atoms with E-state index in [0.29, 0.717) is 23.9 Å². The number of benzene rings is 2. The van der Waals surface area contributed by atoms with Crippen LogP contribution in [-0.4, -0.2) is 29.3 Å². The molecule has 4 nitrogen and oxygen atoms in total. The fourth-order valence-electron chi connectivity index (χ4n) is 2.90. The first-order valence-electron chi connectivity index (χ1n) is 8.96. The largest absolute Gasteiger partial charge is 0.491 e. The summed E-state index contributed by atoms with van der Waals surface area (Å²) in [6, 6.07) is 19.5. The molecule has 27 heavy (non-hydrogen) atoms.